The first-order valence-electron chi connectivity index (χ1n) is 6.75. The maximum Gasteiger partial charge on any atom is 0.328 e. The van der Waals surface area contributed by atoms with E-state index in [4.69, 9.17) is 19.5 Å². The smallest absolute Gasteiger partial charge is 0.328 e. The molecule has 0 spiro atoms. The standard InChI is InChI=1S/C11H13BrN5O5P/c1-23(19)20-2-4-7(22-23)6(18)10(21-4)17-9-5(16-11(17)12)8(13)14-3-15-9/h3-4,6-7,10,18H,2H2,1H3,(H2,13,14,15)/t4?,6-,7?,10+,23-/m0/s1. The van der Waals surface area contributed by atoms with Crippen molar-refractivity contribution in [2.24, 2.45) is 0 Å². The van der Waals surface area contributed by atoms with Crippen molar-refractivity contribution in [1.82, 2.24) is 19.5 Å². The van der Waals surface area contributed by atoms with Crippen LogP contribution in [0.5, 0.6) is 0 Å². The summed E-state index contributed by atoms with van der Waals surface area (Å²) in [6.07, 6.45) is -1.90. The third kappa shape index (κ3) is 2.39. The summed E-state index contributed by atoms with van der Waals surface area (Å²) in [6.45, 7) is 1.44. The molecule has 2 aromatic rings. The highest BCUT2D eigenvalue weighted by Crippen LogP contribution is 2.53. The van der Waals surface area contributed by atoms with Gasteiger partial charge in [-0.1, -0.05) is 0 Å². The molecular weight excluding hydrogens is 393 g/mol. The van der Waals surface area contributed by atoms with E-state index in [0.29, 0.717) is 15.9 Å². The van der Waals surface area contributed by atoms with Gasteiger partial charge in [0.2, 0.25) is 0 Å². The third-order valence-corrected chi connectivity index (χ3v) is 5.62. The van der Waals surface area contributed by atoms with E-state index in [1.165, 1.54) is 13.0 Å². The average molecular weight is 406 g/mol. The molecule has 3 N–H and O–H groups in total. The second kappa shape index (κ2) is 5.20. The molecule has 0 amide bonds. The SMILES string of the molecule is C[P@]1(=O)OCC2O[C@@H](n3c(Br)nc4c(N)ncnc43)[C@@H](O)C2O1. The topological polar surface area (TPSA) is 135 Å². The van der Waals surface area contributed by atoms with E-state index in [1.807, 2.05) is 0 Å². The van der Waals surface area contributed by atoms with Gasteiger partial charge < -0.3 is 20.1 Å². The number of nitrogen functional groups attached to an aromatic ring is 1. The van der Waals surface area contributed by atoms with Crippen LogP contribution < -0.4 is 5.73 Å². The van der Waals surface area contributed by atoms with Gasteiger partial charge in [-0.15, -0.1) is 0 Å². The molecule has 4 heterocycles. The predicted octanol–water partition coefficient (Wildman–Crippen LogP) is 0.668. The number of hydrogen-bond donors (Lipinski definition) is 2. The van der Waals surface area contributed by atoms with Gasteiger partial charge in [-0.2, -0.15) is 0 Å². The predicted molar refractivity (Wildman–Crippen MR) is 81.7 cm³/mol. The molecule has 5 atom stereocenters. The van der Waals surface area contributed by atoms with Crippen molar-refractivity contribution < 1.29 is 23.5 Å². The van der Waals surface area contributed by atoms with Gasteiger partial charge in [-0.25, -0.2) is 15.0 Å². The van der Waals surface area contributed by atoms with Crippen LogP contribution in [0.25, 0.3) is 11.2 Å². The number of nitrogens with two attached hydrogens (primary N) is 1. The Bertz CT molecular complexity index is 830. The normalized spacial score (nSPS) is 37.2. The molecule has 12 heteroatoms. The lowest BCUT2D eigenvalue weighted by molar-refractivity contribution is -0.0585. The van der Waals surface area contributed by atoms with Crippen molar-refractivity contribution in [2.45, 2.75) is 24.5 Å². The van der Waals surface area contributed by atoms with Gasteiger partial charge >= 0.3 is 7.60 Å². The summed E-state index contributed by atoms with van der Waals surface area (Å²) < 4.78 is 30.2. The monoisotopic (exact) mass is 405 g/mol. The molecule has 0 saturated carbocycles. The lowest BCUT2D eigenvalue weighted by Gasteiger charge is -2.29. The number of ether oxygens (including phenoxy) is 1. The highest BCUT2D eigenvalue weighted by molar-refractivity contribution is 9.10. The van der Waals surface area contributed by atoms with E-state index >= 15 is 0 Å². The Hall–Kier alpha value is -1.10. The fourth-order valence-corrected chi connectivity index (χ4v) is 4.51. The minimum absolute atomic E-state index is 0.0768. The minimum atomic E-state index is -3.19. The summed E-state index contributed by atoms with van der Waals surface area (Å²) in [4.78, 5) is 12.3. The van der Waals surface area contributed by atoms with Crippen molar-refractivity contribution >= 4 is 40.5 Å². The van der Waals surface area contributed by atoms with Crippen molar-refractivity contribution in [3.8, 4) is 0 Å². The Labute approximate surface area is 138 Å². The van der Waals surface area contributed by atoms with Gasteiger partial charge in [0.1, 0.15) is 24.6 Å². The van der Waals surface area contributed by atoms with E-state index in [0.717, 1.165) is 0 Å². The Morgan fingerprint density at radius 3 is 3.09 bits per heavy atom. The van der Waals surface area contributed by atoms with Gasteiger partial charge in [0, 0.05) is 6.66 Å². The van der Waals surface area contributed by atoms with Gasteiger partial charge in [0.25, 0.3) is 0 Å². The molecule has 124 valence electrons. The fourth-order valence-electron chi connectivity index (χ4n) is 2.78. The second-order valence-electron chi connectivity index (χ2n) is 5.37. The molecule has 2 unspecified atom stereocenters. The zero-order valence-corrected chi connectivity index (χ0v) is 14.3. The maximum absolute atomic E-state index is 12.0. The summed E-state index contributed by atoms with van der Waals surface area (Å²) in [5.74, 6) is 0.219. The summed E-state index contributed by atoms with van der Waals surface area (Å²) in [5, 5.41) is 10.6. The zero-order chi connectivity index (χ0) is 16.4. The van der Waals surface area contributed by atoms with Gasteiger partial charge in [-0.05, 0) is 15.9 Å². The fraction of sp³-hybridized carbons (Fsp3) is 0.545. The molecule has 23 heavy (non-hydrogen) atoms. The van der Waals surface area contributed by atoms with Crippen molar-refractivity contribution in [3.05, 3.63) is 11.1 Å². The number of fused-ring (bicyclic) bond motifs is 2. The van der Waals surface area contributed by atoms with Crippen LogP contribution in [-0.2, 0) is 18.3 Å². The number of aliphatic hydroxyl groups excluding tert-OH is 1. The molecule has 2 aliphatic rings. The number of imidazole rings is 1. The van der Waals surface area contributed by atoms with Crippen LogP contribution >= 0.6 is 23.5 Å². The summed E-state index contributed by atoms with van der Waals surface area (Å²) in [6, 6.07) is 0. The Balaban J connectivity index is 1.76. The van der Waals surface area contributed by atoms with Gasteiger partial charge in [0.15, 0.2) is 27.9 Å². The van der Waals surface area contributed by atoms with Crippen LogP contribution in [0, 0.1) is 0 Å². The Morgan fingerprint density at radius 2 is 2.30 bits per heavy atom. The minimum Gasteiger partial charge on any atom is -0.386 e. The number of aromatic nitrogens is 4. The molecule has 0 bridgehead atoms. The van der Waals surface area contributed by atoms with E-state index < -0.39 is 32.1 Å². The van der Waals surface area contributed by atoms with Crippen LogP contribution in [0.15, 0.2) is 11.1 Å². The first kappa shape index (κ1) is 15.4. The number of nitrogens with zero attached hydrogens (tertiary/aromatic N) is 4. The molecule has 2 fully saturated rings. The van der Waals surface area contributed by atoms with E-state index in [1.54, 1.807) is 4.57 Å². The van der Waals surface area contributed by atoms with Crippen LogP contribution in [0.3, 0.4) is 0 Å². The summed E-state index contributed by atoms with van der Waals surface area (Å²) in [7, 11) is -3.19. The second-order valence-corrected chi connectivity index (χ2v) is 8.10. The molecule has 10 nitrogen and oxygen atoms in total. The van der Waals surface area contributed by atoms with Gasteiger partial charge in [0.05, 0.1) is 6.61 Å². The molecule has 0 aliphatic carbocycles. The van der Waals surface area contributed by atoms with Gasteiger partial charge in [-0.3, -0.25) is 13.7 Å². The Kier molecular flexibility index (Phi) is 3.49. The summed E-state index contributed by atoms with van der Waals surface area (Å²) >= 11 is 3.31. The van der Waals surface area contributed by atoms with Crippen LogP contribution in [0.1, 0.15) is 6.23 Å². The lowest BCUT2D eigenvalue weighted by atomic mass is 10.1. The van der Waals surface area contributed by atoms with E-state index in [2.05, 4.69) is 30.9 Å². The molecule has 2 saturated heterocycles. The van der Waals surface area contributed by atoms with Crippen LogP contribution in [-0.4, -0.2) is 56.2 Å². The van der Waals surface area contributed by atoms with E-state index in [-0.39, 0.29) is 12.4 Å². The molecule has 4 rings (SSSR count). The van der Waals surface area contributed by atoms with E-state index in [9.17, 15) is 9.67 Å². The van der Waals surface area contributed by atoms with Crippen molar-refractivity contribution in [1.29, 1.82) is 0 Å². The first-order chi connectivity index (χ1) is 10.9. The molecule has 0 radical (unpaired) electrons. The zero-order valence-electron chi connectivity index (χ0n) is 11.9. The summed E-state index contributed by atoms with van der Waals surface area (Å²) in [5.41, 5.74) is 6.59. The van der Waals surface area contributed by atoms with Crippen molar-refractivity contribution in [3.63, 3.8) is 0 Å². The number of hydrogen-bond acceptors (Lipinski definition) is 9. The van der Waals surface area contributed by atoms with Crippen molar-refractivity contribution in [2.75, 3.05) is 19.0 Å². The maximum atomic E-state index is 12.0. The number of rotatable bonds is 1. The average Bonchev–Trinajstić information content (AvgIpc) is 2.97. The molecule has 0 aromatic carbocycles. The molecule has 2 aliphatic heterocycles. The highest BCUT2D eigenvalue weighted by Gasteiger charge is 2.52. The molecular formula is C11H13BrN5O5P. The van der Waals surface area contributed by atoms with Crippen LogP contribution in [0.2, 0.25) is 0 Å². The third-order valence-electron chi connectivity index (χ3n) is 3.81. The lowest BCUT2D eigenvalue weighted by Crippen LogP contribution is -2.39. The highest BCUT2D eigenvalue weighted by atomic mass is 79.9. The van der Waals surface area contributed by atoms with Crippen LogP contribution in [0.4, 0.5) is 5.82 Å². The molecule has 2 aromatic heterocycles. The Morgan fingerprint density at radius 1 is 1.52 bits per heavy atom. The quantitative estimate of drug-likeness (QED) is 0.518. The first-order valence-corrected chi connectivity index (χ1v) is 9.53. The number of halogens is 1. The number of aliphatic hydroxyl groups is 1. The largest absolute Gasteiger partial charge is 0.386 e. The number of anilines is 1.